The average molecular weight is 267 g/mol. The molecule has 0 saturated carbocycles. The highest BCUT2D eigenvalue weighted by Crippen LogP contribution is 2.27. The van der Waals surface area contributed by atoms with E-state index in [4.69, 9.17) is 11.6 Å². The second kappa shape index (κ2) is 4.70. The molecule has 2 rings (SSSR count). The lowest BCUT2D eigenvalue weighted by Crippen LogP contribution is -2.45. The molecular weight excluding hydrogens is 256 g/mol. The second-order valence-electron chi connectivity index (χ2n) is 3.93. The summed E-state index contributed by atoms with van der Waals surface area (Å²) in [6.07, 6.45) is 0. The Bertz CT molecular complexity index is 537. The van der Waals surface area contributed by atoms with Crippen molar-refractivity contribution in [3.05, 3.63) is 46.1 Å². The van der Waals surface area contributed by atoms with E-state index in [2.05, 4.69) is 10.6 Å². The summed E-state index contributed by atoms with van der Waals surface area (Å²) in [5.41, 5.74) is 1.13. The Hall–Kier alpha value is -2.01. The van der Waals surface area contributed by atoms with Gasteiger partial charge in [0.15, 0.2) is 0 Å². The van der Waals surface area contributed by atoms with Crippen molar-refractivity contribution in [1.82, 2.24) is 10.6 Å². The number of carbonyl (C=O) groups excluding carboxylic acids is 1. The first-order valence-corrected chi connectivity index (χ1v) is 5.64. The van der Waals surface area contributed by atoms with Crippen LogP contribution >= 0.6 is 11.6 Å². The van der Waals surface area contributed by atoms with E-state index in [0.29, 0.717) is 16.3 Å². The fourth-order valence-electron chi connectivity index (χ4n) is 1.88. The molecule has 6 heteroatoms. The Balaban J connectivity index is 2.46. The maximum atomic E-state index is 11.4. The van der Waals surface area contributed by atoms with Crippen molar-refractivity contribution >= 4 is 23.6 Å². The van der Waals surface area contributed by atoms with E-state index in [0.717, 1.165) is 0 Å². The van der Waals surface area contributed by atoms with Gasteiger partial charge in [-0.05, 0) is 24.6 Å². The van der Waals surface area contributed by atoms with Crippen molar-refractivity contribution in [2.45, 2.75) is 13.0 Å². The van der Waals surface area contributed by atoms with E-state index in [1.807, 2.05) is 0 Å². The molecule has 1 atom stereocenters. The lowest BCUT2D eigenvalue weighted by molar-refractivity contribution is -0.133. The van der Waals surface area contributed by atoms with Gasteiger partial charge in [-0.25, -0.2) is 9.59 Å². The zero-order valence-electron chi connectivity index (χ0n) is 9.53. The minimum atomic E-state index is -1.07. The molecule has 0 spiro atoms. The zero-order valence-corrected chi connectivity index (χ0v) is 10.3. The fraction of sp³-hybridized carbons (Fsp3) is 0.167. The molecule has 0 fully saturated rings. The van der Waals surface area contributed by atoms with Crippen molar-refractivity contribution in [1.29, 1.82) is 0 Å². The van der Waals surface area contributed by atoms with E-state index < -0.39 is 18.0 Å². The van der Waals surface area contributed by atoms with Crippen molar-refractivity contribution in [2.24, 2.45) is 0 Å². The van der Waals surface area contributed by atoms with Crippen LogP contribution in [0, 0.1) is 0 Å². The predicted molar refractivity (Wildman–Crippen MR) is 66.2 cm³/mol. The third-order valence-corrected chi connectivity index (χ3v) is 2.95. The van der Waals surface area contributed by atoms with Crippen molar-refractivity contribution in [3.8, 4) is 0 Å². The van der Waals surface area contributed by atoms with Gasteiger partial charge in [0, 0.05) is 10.7 Å². The normalized spacial score (nSPS) is 19.2. The SMILES string of the molecule is CC1=C(C(=O)O)[C@@H](c2ccc(Cl)cc2)NC(=O)N1. The highest BCUT2D eigenvalue weighted by atomic mass is 35.5. The highest BCUT2D eigenvalue weighted by Gasteiger charge is 2.30. The topological polar surface area (TPSA) is 78.4 Å². The number of carbonyl (C=O) groups is 2. The minimum Gasteiger partial charge on any atom is -0.478 e. The van der Waals surface area contributed by atoms with Crippen molar-refractivity contribution in [3.63, 3.8) is 0 Å². The first-order valence-electron chi connectivity index (χ1n) is 5.26. The number of hydrogen-bond acceptors (Lipinski definition) is 2. The lowest BCUT2D eigenvalue weighted by atomic mass is 9.96. The quantitative estimate of drug-likeness (QED) is 0.767. The fourth-order valence-corrected chi connectivity index (χ4v) is 2.01. The predicted octanol–water partition coefficient (Wildman–Crippen LogP) is 2.05. The smallest absolute Gasteiger partial charge is 0.335 e. The maximum absolute atomic E-state index is 11.4. The summed E-state index contributed by atoms with van der Waals surface area (Å²) in [6.45, 7) is 1.56. The van der Waals surface area contributed by atoms with E-state index in [9.17, 15) is 14.7 Å². The molecule has 2 amide bonds. The van der Waals surface area contributed by atoms with E-state index in [-0.39, 0.29) is 5.57 Å². The van der Waals surface area contributed by atoms with Gasteiger partial charge in [-0.1, -0.05) is 23.7 Å². The summed E-state index contributed by atoms with van der Waals surface area (Å²) < 4.78 is 0. The molecule has 1 heterocycles. The zero-order chi connectivity index (χ0) is 13.3. The average Bonchev–Trinajstić information content (AvgIpc) is 2.28. The number of halogens is 1. The van der Waals surface area contributed by atoms with Gasteiger partial charge in [-0.2, -0.15) is 0 Å². The number of hydrogen-bond donors (Lipinski definition) is 3. The number of aliphatic carboxylic acids is 1. The largest absolute Gasteiger partial charge is 0.478 e. The van der Waals surface area contributed by atoms with Gasteiger partial charge in [-0.3, -0.25) is 0 Å². The van der Waals surface area contributed by atoms with Gasteiger partial charge in [-0.15, -0.1) is 0 Å². The maximum Gasteiger partial charge on any atom is 0.335 e. The first kappa shape index (κ1) is 12.4. The summed E-state index contributed by atoms with van der Waals surface area (Å²) in [5, 5.41) is 14.8. The van der Waals surface area contributed by atoms with Crippen LogP contribution in [0.25, 0.3) is 0 Å². The first-order chi connectivity index (χ1) is 8.49. The molecule has 0 aromatic heterocycles. The number of nitrogens with one attached hydrogen (secondary N) is 2. The standard InChI is InChI=1S/C12H11ClN2O3/c1-6-9(11(16)17)10(15-12(18)14-6)7-2-4-8(13)5-3-7/h2-5,10H,1H3,(H,16,17)(H2,14,15,18)/t10-/m1/s1. The Labute approximate surface area is 108 Å². The summed E-state index contributed by atoms with van der Waals surface area (Å²) in [5.74, 6) is -1.07. The molecule has 1 aromatic carbocycles. The van der Waals surface area contributed by atoms with Crippen molar-refractivity contribution < 1.29 is 14.7 Å². The van der Waals surface area contributed by atoms with Crippen LogP contribution in [0.3, 0.4) is 0 Å². The van der Waals surface area contributed by atoms with Gasteiger partial charge >= 0.3 is 12.0 Å². The third-order valence-electron chi connectivity index (χ3n) is 2.70. The number of carboxylic acids is 1. The summed E-state index contributed by atoms with van der Waals surface area (Å²) in [4.78, 5) is 22.7. The second-order valence-corrected chi connectivity index (χ2v) is 4.36. The molecule has 3 N–H and O–H groups in total. The van der Waals surface area contributed by atoms with Crippen molar-refractivity contribution in [2.75, 3.05) is 0 Å². The van der Waals surface area contributed by atoms with Crippen LogP contribution in [-0.4, -0.2) is 17.1 Å². The van der Waals surface area contributed by atoms with Crippen LogP contribution in [0.5, 0.6) is 0 Å². The molecule has 5 nitrogen and oxygen atoms in total. The number of urea groups is 1. The lowest BCUT2D eigenvalue weighted by Gasteiger charge is -2.27. The van der Waals surface area contributed by atoms with Gasteiger partial charge in [0.2, 0.25) is 0 Å². The number of amides is 2. The summed E-state index contributed by atoms with van der Waals surface area (Å²) in [6, 6.07) is 5.59. The monoisotopic (exact) mass is 266 g/mol. The minimum absolute atomic E-state index is 0.122. The summed E-state index contributed by atoms with van der Waals surface area (Å²) in [7, 11) is 0. The van der Waals surface area contributed by atoms with Crippen LogP contribution in [0.4, 0.5) is 4.79 Å². The van der Waals surface area contributed by atoms with Crippen LogP contribution in [0.2, 0.25) is 5.02 Å². The van der Waals surface area contributed by atoms with Crippen LogP contribution < -0.4 is 10.6 Å². The molecule has 0 radical (unpaired) electrons. The third kappa shape index (κ3) is 2.31. The number of benzene rings is 1. The van der Waals surface area contributed by atoms with Crippen LogP contribution in [0.15, 0.2) is 35.5 Å². The molecule has 0 aliphatic carbocycles. The van der Waals surface area contributed by atoms with E-state index in [1.54, 1.807) is 31.2 Å². The highest BCUT2D eigenvalue weighted by molar-refractivity contribution is 6.30. The summed E-state index contributed by atoms with van der Waals surface area (Å²) >= 11 is 5.78. The Morgan fingerprint density at radius 3 is 2.50 bits per heavy atom. The molecule has 1 aliphatic heterocycles. The van der Waals surface area contributed by atoms with Gasteiger partial charge in [0.25, 0.3) is 0 Å². The Kier molecular flexibility index (Phi) is 3.25. The molecular formula is C12H11ClN2O3. The van der Waals surface area contributed by atoms with E-state index in [1.165, 1.54) is 0 Å². The molecule has 1 aromatic rings. The van der Waals surface area contributed by atoms with E-state index >= 15 is 0 Å². The van der Waals surface area contributed by atoms with Gasteiger partial charge in [0.1, 0.15) is 0 Å². The van der Waals surface area contributed by atoms with Gasteiger partial charge in [0.05, 0.1) is 11.6 Å². The van der Waals surface area contributed by atoms with Gasteiger partial charge < -0.3 is 15.7 Å². The number of carboxylic acid groups (broad SMARTS) is 1. The van der Waals surface area contributed by atoms with Crippen LogP contribution in [-0.2, 0) is 4.79 Å². The molecule has 0 saturated heterocycles. The Morgan fingerprint density at radius 2 is 1.94 bits per heavy atom. The Morgan fingerprint density at radius 1 is 1.33 bits per heavy atom. The molecule has 0 bridgehead atoms. The number of allylic oxidation sites excluding steroid dienone is 1. The molecule has 18 heavy (non-hydrogen) atoms. The molecule has 0 unspecified atom stereocenters. The molecule has 1 aliphatic rings. The molecule has 94 valence electrons. The number of rotatable bonds is 2. The van der Waals surface area contributed by atoms with Crippen LogP contribution in [0.1, 0.15) is 18.5 Å².